The minimum atomic E-state index is -0.292. The third kappa shape index (κ3) is 3.76. The van der Waals surface area contributed by atoms with Gasteiger partial charge in [-0.3, -0.25) is 15.6 Å². The van der Waals surface area contributed by atoms with Crippen molar-refractivity contribution >= 4 is 5.91 Å². The van der Waals surface area contributed by atoms with Gasteiger partial charge in [0.25, 0.3) is 0 Å². The van der Waals surface area contributed by atoms with E-state index in [1.54, 1.807) is 0 Å². The van der Waals surface area contributed by atoms with Crippen LogP contribution in [0.25, 0.3) is 0 Å². The Morgan fingerprint density at radius 1 is 1.36 bits per heavy atom. The normalized spacial score (nSPS) is 24.5. The Labute approximate surface area is 131 Å². The molecule has 22 heavy (non-hydrogen) atoms. The summed E-state index contributed by atoms with van der Waals surface area (Å²) in [6.45, 7) is 6.95. The van der Waals surface area contributed by atoms with Crippen LogP contribution in [0.2, 0.25) is 0 Å². The summed E-state index contributed by atoms with van der Waals surface area (Å²) in [5, 5.41) is 0. The summed E-state index contributed by atoms with van der Waals surface area (Å²) < 4.78 is 5.93. The Morgan fingerprint density at radius 2 is 2.09 bits per heavy atom. The van der Waals surface area contributed by atoms with Crippen LogP contribution in [0.3, 0.4) is 0 Å². The first-order valence-corrected chi connectivity index (χ1v) is 7.77. The van der Waals surface area contributed by atoms with Crippen LogP contribution in [0.4, 0.5) is 0 Å². The second-order valence-electron chi connectivity index (χ2n) is 6.16. The van der Waals surface area contributed by atoms with Crippen molar-refractivity contribution in [1.29, 1.82) is 0 Å². The number of para-hydroxylation sites is 1. The van der Waals surface area contributed by atoms with E-state index < -0.39 is 0 Å². The molecule has 1 aliphatic rings. The highest BCUT2D eigenvalue weighted by atomic mass is 16.5. The largest absolute Gasteiger partial charge is 0.493 e. The fourth-order valence-corrected chi connectivity index (χ4v) is 2.71. The predicted octanol–water partition coefficient (Wildman–Crippen LogP) is 1.26. The predicted molar refractivity (Wildman–Crippen MR) is 85.7 cm³/mol. The Bertz CT molecular complexity index is 507. The number of hydrogen-bond acceptors (Lipinski definition) is 5. The average Bonchev–Trinajstić information content (AvgIpc) is 2.88. The van der Waals surface area contributed by atoms with Crippen LogP contribution in [0.1, 0.15) is 38.8 Å². The van der Waals surface area contributed by atoms with Gasteiger partial charge in [-0.05, 0) is 25.3 Å². The minimum Gasteiger partial charge on any atom is -0.493 e. The monoisotopic (exact) mass is 306 g/mol. The zero-order valence-corrected chi connectivity index (χ0v) is 13.4. The lowest BCUT2D eigenvalue weighted by molar-refractivity contribution is -0.125. The van der Waals surface area contributed by atoms with Gasteiger partial charge < -0.3 is 4.74 Å². The highest BCUT2D eigenvalue weighted by Gasteiger charge is 2.40. The summed E-state index contributed by atoms with van der Waals surface area (Å²) in [5.74, 6) is 6.24. The molecule has 0 spiro atoms. The first-order valence-electron chi connectivity index (χ1n) is 7.77. The lowest BCUT2D eigenvalue weighted by atomic mass is 9.89. The van der Waals surface area contributed by atoms with Gasteiger partial charge in [-0.25, -0.2) is 11.3 Å². The molecule has 1 fully saturated rings. The molecule has 1 aliphatic heterocycles. The zero-order valence-electron chi connectivity index (χ0n) is 13.4. The second-order valence-corrected chi connectivity index (χ2v) is 6.16. The van der Waals surface area contributed by atoms with Gasteiger partial charge >= 0.3 is 0 Å². The van der Waals surface area contributed by atoms with Crippen molar-refractivity contribution in [1.82, 2.24) is 16.3 Å². The van der Waals surface area contributed by atoms with Crippen LogP contribution in [0.5, 0.6) is 5.75 Å². The SMILES string of the molecule is CC(C)CCOc1ccccc1C1NNC(C)C1C(=O)NN. The van der Waals surface area contributed by atoms with E-state index in [1.165, 1.54) is 0 Å². The molecule has 5 N–H and O–H groups in total. The summed E-state index contributed by atoms with van der Waals surface area (Å²) in [7, 11) is 0. The quantitative estimate of drug-likeness (QED) is 0.361. The van der Waals surface area contributed by atoms with Crippen molar-refractivity contribution in [3.8, 4) is 5.75 Å². The number of rotatable bonds is 6. The molecule has 1 saturated heterocycles. The molecule has 0 radical (unpaired) electrons. The standard InChI is InChI=1S/C16H26N4O2/c1-10(2)8-9-22-13-7-5-4-6-12(13)15-14(16(21)18-17)11(3)19-20-15/h4-7,10-11,14-15,19-20H,8-9,17H2,1-3H3,(H,18,21). The number of nitrogens with two attached hydrogens (primary N) is 1. The van der Waals surface area contributed by atoms with Gasteiger partial charge in [0.1, 0.15) is 5.75 Å². The molecule has 1 heterocycles. The van der Waals surface area contributed by atoms with E-state index in [9.17, 15) is 4.79 Å². The van der Waals surface area contributed by atoms with Gasteiger partial charge in [-0.15, -0.1) is 0 Å². The molecule has 1 amide bonds. The number of hydrazine groups is 2. The molecule has 3 atom stereocenters. The van der Waals surface area contributed by atoms with Gasteiger partial charge in [-0.2, -0.15) is 0 Å². The van der Waals surface area contributed by atoms with Crippen molar-refractivity contribution in [3.63, 3.8) is 0 Å². The molecule has 1 aromatic rings. The molecule has 3 unspecified atom stereocenters. The maximum Gasteiger partial charge on any atom is 0.240 e. The molecule has 0 aromatic heterocycles. The zero-order chi connectivity index (χ0) is 16.1. The minimum absolute atomic E-state index is 0.0164. The fraction of sp³-hybridized carbons (Fsp3) is 0.562. The van der Waals surface area contributed by atoms with Crippen molar-refractivity contribution in [3.05, 3.63) is 29.8 Å². The lowest BCUT2D eigenvalue weighted by Gasteiger charge is -2.22. The Hall–Kier alpha value is -1.63. The van der Waals surface area contributed by atoms with E-state index in [2.05, 4.69) is 30.1 Å². The number of amides is 1. The first-order chi connectivity index (χ1) is 10.5. The summed E-state index contributed by atoms with van der Waals surface area (Å²) in [4.78, 5) is 12.1. The summed E-state index contributed by atoms with van der Waals surface area (Å²) in [6.07, 6.45) is 0.994. The van der Waals surface area contributed by atoms with Crippen LogP contribution in [-0.2, 0) is 4.79 Å². The lowest BCUT2D eigenvalue weighted by Crippen LogP contribution is -2.41. The van der Waals surface area contributed by atoms with E-state index >= 15 is 0 Å². The number of carbonyl (C=O) groups is 1. The van der Waals surface area contributed by atoms with Gasteiger partial charge in [0, 0.05) is 11.6 Å². The molecule has 6 nitrogen and oxygen atoms in total. The van der Waals surface area contributed by atoms with Crippen molar-refractivity contribution in [2.45, 2.75) is 39.3 Å². The summed E-state index contributed by atoms with van der Waals surface area (Å²) >= 11 is 0. The number of ether oxygens (including phenoxy) is 1. The topological polar surface area (TPSA) is 88.4 Å². The van der Waals surface area contributed by atoms with Crippen LogP contribution < -0.4 is 26.9 Å². The molecule has 0 saturated carbocycles. The van der Waals surface area contributed by atoms with E-state index in [4.69, 9.17) is 10.6 Å². The summed E-state index contributed by atoms with van der Waals surface area (Å²) in [5.41, 5.74) is 9.52. The maximum absolute atomic E-state index is 12.1. The maximum atomic E-state index is 12.1. The molecule has 122 valence electrons. The third-order valence-electron chi connectivity index (χ3n) is 4.02. The second kappa shape index (κ2) is 7.58. The van der Waals surface area contributed by atoms with Crippen molar-refractivity contribution in [2.24, 2.45) is 17.7 Å². The molecule has 6 heteroatoms. The smallest absolute Gasteiger partial charge is 0.240 e. The van der Waals surface area contributed by atoms with E-state index in [0.717, 1.165) is 17.7 Å². The molecular formula is C16H26N4O2. The van der Waals surface area contributed by atoms with Gasteiger partial charge in [0.2, 0.25) is 5.91 Å². The number of carbonyl (C=O) groups excluding carboxylic acids is 1. The molecule has 2 rings (SSSR count). The number of benzene rings is 1. The van der Waals surface area contributed by atoms with Crippen LogP contribution >= 0.6 is 0 Å². The Balaban J connectivity index is 2.18. The average molecular weight is 306 g/mol. The number of hydrogen-bond donors (Lipinski definition) is 4. The Morgan fingerprint density at radius 3 is 2.77 bits per heavy atom. The fourth-order valence-electron chi connectivity index (χ4n) is 2.71. The van der Waals surface area contributed by atoms with Gasteiger partial charge in [0.05, 0.1) is 18.6 Å². The summed E-state index contributed by atoms with van der Waals surface area (Å²) in [6, 6.07) is 7.63. The van der Waals surface area contributed by atoms with Crippen LogP contribution in [0, 0.1) is 11.8 Å². The highest BCUT2D eigenvalue weighted by molar-refractivity contribution is 5.80. The molecule has 0 bridgehead atoms. The molecule has 0 aliphatic carbocycles. The highest BCUT2D eigenvalue weighted by Crippen LogP contribution is 2.34. The van der Waals surface area contributed by atoms with E-state index in [-0.39, 0.29) is 23.9 Å². The van der Waals surface area contributed by atoms with Crippen molar-refractivity contribution < 1.29 is 9.53 Å². The van der Waals surface area contributed by atoms with E-state index in [0.29, 0.717) is 12.5 Å². The van der Waals surface area contributed by atoms with Crippen LogP contribution in [0.15, 0.2) is 24.3 Å². The van der Waals surface area contributed by atoms with Crippen molar-refractivity contribution in [2.75, 3.05) is 6.61 Å². The first kappa shape index (κ1) is 16.7. The molecular weight excluding hydrogens is 280 g/mol. The third-order valence-corrected chi connectivity index (χ3v) is 4.02. The Kier molecular flexibility index (Phi) is 5.76. The number of nitrogens with one attached hydrogen (secondary N) is 3. The van der Waals surface area contributed by atoms with Gasteiger partial charge in [0.15, 0.2) is 0 Å². The van der Waals surface area contributed by atoms with E-state index in [1.807, 2.05) is 31.2 Å². The van der Waals surface area contributed by atoms with Gasteiger partial charge in [-0.1, -0.05) is 32.0 Å². The molecule has 1 aromatic carbocycles. The van der Waals surface area contributed by atoms with Crippen LogP contribution in [-0.4, -0.2) is 18.6 Å².